The molecule has 0 saturated carbocycles. The second kappa shape index (κ2) is 5.99. The molecule has 2 heterocycles. The normalized spacial score (nSPS) is 33.2. The fourth-order valence-electron chi connectivity index (χ4n) is 3.59. The van der Waals surface area contributed by atoms with Gasteiger partial charge in [-0.1, -0.05) is 27.7 Å². The van der Waals surface area contributed by atoms with Gasteiger partial charge in [0.15, 0.2) is 0 Å². The minimum atomic E-state index is -0.844. The van der Waals surface area contributed by atoms with Crippen molar-refractivity contribution < 1.29 is 19.3 Å². The smallest absolute Gasteiger partial charge is 0.412 e. The average Bonchev–Trinajstić information content (AvgIpc) is 2.89. The van der Waals surface area contributed by atoms with E-state index in [9.17, 15) is 14.6 Å². The summed E-state index contributed by atoms with van der Waals surface area (Å²) in [5.74, 6) is 0.0812. The first-order valence-corrected chi connectivity index (χ1v) is 7.94. The molecule has 2 saturated heterocycles. The predicted molar refractivity (Wildman–Crippen MR) is 80.2 cm³/mol. The molecular weight excluding hydrogens is 269 g/mol. The number of esters is 1. The van der Waals surface area contributed by atoms with Gasteiger partial charge in [-0.05, 0) is 31.5 Å². The standard InChI is InChI=1S/C15H26BNO4/c1-8(2)10-6-12(17(14(10)18)16(5)20)13-7-11(9(3)4)15(19)21-13/h8-13,20H,6-7H2,1-5H3/t10-,11-,12-,13-/m0/s1. The monoisotopic (exact) mass is 295 g/mol. The van der Waals surface area contributed by atoms with E-state index in [1.54, 1.807) is 6.82 Å². The first-order valence-electron chi connectivity index (χ1n) is 7.94. The maximum atomic E-state index is 12.5. The first kappa shape index (κ1) is 16.3. The second-order valence-corrected chi connectivity index (χ2v) is 7.09. The minimum absolute atomic E-state index is 0.0194. The van der Waals surface area contributed by atoms with Crippen LogP contribution in [-0.4, -0.2) is 40.9 Å². The van der Waals surface area contributed by atoms with Gasteiger partial charge in [-0.2, -0.15) is 0 Å². The fourth-order valence-corrected chi connectivity index (χ4v) is 3.59. The highest BCUT2D eigenvalue weighted by Gasteiger charge is 2.51. The summed E-state index contributed by atoms with van der Waals surface area (Å²) in [5, 5.41) is 9.96. The lowest BCUT2D eigenvalue weighted by molar-refractivity contribution is -0.147. The van der Waals surface area contributed by atoms with Crippen LogP contribution in [0.2, 0.25) is 6.82 Å². The van der Waals surface area contributed by atoms with Crippen molar-refractivity contribution in [2.24, 2.45) is 23.7 Å². The van der Waals surface area contributed by atoms with Crippen LogP contribution in [0.15, 0.2) is 0 Å². The molecular formula is C15H26BNO4. The van der Waals surface area contributed by atoms with E-state index in [1.807, 2.05) is 27.7 Å². The minimum Gasteiger partial charge on any atom is -0.460 e. The molecule has 0 spiro atoms. The highest BCUT2D eigenvalue weighted by Crippen LogP contribution is 2.38. The van der Waals surface area contributed by atoms with Crippen molar-refractivity contribution in [3.8, 4) is 0 Å². The lowest BCUT2D eigenvalue weighted by Gasteiger charge is -2.29. The van der Waals surface area contributed by atoms with Crippen LogP contribution in [0.5, 0.6) is 0 Å². The largest absolute Gasteiger partial charge is 0.460 e. The molecule has 2 fully saturated rings. The highest BCUT2D eigenvalue weighted by molar-refractivity contribution is 6.49. The van der Waals surface area contributed by atoms with Gasteiger partial charge in [-0.3, -0.25) is 9.59 Å². The Hall–Kier alpha value is -1.04. The summed E-state index contributed by atoms with van der Waals surface area (Å²) in [6.07, 6.45) is 1.01. The summed E-state index contributed by atoms with van der Waals surface area (Å²) in [6.45, 7) is 9.66. The number of rotatable bonds is 4. The van der Waals surface area contributed by atoms with E-state index in [-0.39, 0.29) is 47.7 Å². The molecule has 0 aliphatic carbocycles. The number of nitrogens with zero attached hydrogens (tertiary/aromatic N) is 1. The van der Waals surface area contributed by atoms with E-state index in [2.05, 4.69) is 0 Å². The molecule has 4 atom stereocenters. The van der Waals surface area contributed by atoms with Gasteiger partial charge in [-0.15, -0.1) is 0 Å². The maximum Gasteiger partial charge on any atom is 0.412 e. The molecule has 1 amide bonds. The molecule has 1 N–H and O–H groups in total. The van der Waals surface area contributed by atoms with Crippen LogP contribution in [-0.2, 0) is 14.3 Å². The fraction of sp³-hybridized carbons (Fsp3) is 0.867. The summed E-state index contributed by atoms with van der Waals surface area (Å²) in [4.78, 5) is 26.0. The van der Waals surface area contributed by atoms with Crippen molar-refractivity contribution in [1.82, 2.24) is 4.81 Å². The van der Waals surface area contributed by atoms with Crippen molar-refractivity contribution in [2.45, 2.75) is 59.5 Å². The number of carbonyl (C=O) groups excluding carboxylic acids is 2. The van der Waals surface area contributed by atoms with Crippen molar-refractivity contribution in [1.29, 1.82) is 0 Å². The summed E-state index contributed by atoms with van der Waals surface area (Å²) in [6, 6.07) is -0.197. The Morgan fingerprint density at radius 1 is 1.14 bits per heavy atom. The van der Waals surface area contributed by atoms with Crippen molar-refractivity contribution in [3.63, 3.8) is 0 Å². The number of carbonyl (C=O) groups is 2. The Bertz CT molecular complexity index is 424. The number of cyclic esters (lactones) is 1. The van der Waals surface area contributed by atoms with Crippen LogP contribution in [0.4, 0.5) is 0 Å². The maximum absolute atomic E-state index is 12.5. The SMILES string of the molecule is CB(O)N1C(=O)[C@H](C(C)C)C[C@H]1[C@@H]1C[C@@H](C(C)C)C(=O)O1. The molecule has 5 nitrogen and oxygen atoms in total. The second-order valence-electron chi connectivity index (χ2n) is 7.09. The number of hydrogen-bond donors (Lipinski definition) is 1. The Morgan fingerprint density at radius 2 is 1.71 bits per heavy atom. The molecule has 21 heavy (non-hydrogen) atoms. The van der Waals surface area contributed by atoms with Crippen molar-refractivity contribution in [2.75, 3.05) is 0 Å². The summed E-state index contributed by atoms with van der Waals surface area (Å²) in [7, 11) is -0.844. The molecule has 0 aromatic carbocycles. The van der Waals surface area contributed by atoms with E-state index in [0.29, 0.717) is 12.8 Å². The van der Waals surface area contributed by atoms with Crippen LogP contribution in [0.25, 0.3) is 0 Å². The Balaban J connectivity index is 2.18. The summed E-state index contributed by atoms with van der Waals surface area (Å²) in [5.41, 5.74) is 0. The van der Waals surface area contributed by atoms with Gasteiger partial charge in [-0.25, -0.2) is 0 Å². The third-order valence-electron chi connectivity index (χ3n) is 4.92. The number of amides is 1. The molecule has 0 bridgehead atoms. The number of hydrogen-bond acceptors (Lipinski definition) is 4. The van der Waals surface area contributed by atoms with Crippen LogP contribution < -0.4 is 0 Å². The van der Waals surface area contributed by atoms with Gasteiger partial charge in [0, 0.05) is 5.92 Å². The average molecular weight is 295 g/mol. The molecule has 0 aromatic rings. The Morgan fingerprint density at radius 3 is 2.14 bits per heavy atom. The zero-order chi connectivity index (χ0) is 15.9. The quantitative estimate of drug-likeness (QED) is 0.631. The summed E-state index contributed by atoms with van der Waals surface area (Å²) < 4.78 is 5.53. The first-order chi connectivity index (χ1) is 9.73. The van der Waals surface area contributed by atoms with E-state index < -0.39 is 7.05 Å². The lowest BCUT2D eigenvalue weighted by atomic mass is 9.82. The van der Waals surface area contributed by atoms with Gasteiger partial charge >= 0.3 is 13.0 Å². The van der Waals surface area contributed by atoms with E-state index >= 15 is 0 Å². The molecule has 0 unspecified atom stereocenters. The lowest BCUT2D eigenvalue weighted by Crippen LogP contribution is -2.49. The molecule has 2 aliphatic heterocycles. The molecule has 6 heteroatoms. The molecule has 118 valence electrons. The zero-order valence-corrected chi connectivity index (χ0v) is 13.6. The van der Waals surface area contributed by atoms with Gasteiger partial charge in [0.05, 0.1) is 12.0 Å². The van der Waals surface area contributed by atoms with Crippen LogP contribution >= 0.6 is 0 Å². The highest BCUT2D eigenvalue weighted by atomic mass is 16.6. The molecule has 0 radical (unpaired) electrons. The summed E-state index contributed by atoms with van der Waals surface area (Å²) >= 11 is 0. The van der Waals surface area contributed by atoms with E-state index in [0.717, 1.165) is 0 Å². The van der Waals surface area contributed by atoms with Crippen molar-refractivity contribution in [3.05, 3.63) is 0 Å². The van der Waals surface area contributed by atoms with Gasteiger partial charge < -0.3 is 14.6 Å². The number of ether oxygens (including phenoxy) is 1. The van der Waals surface area contributed by atoms with Gasteiger partial charge in [0.1, 0.15) is 6.10 Å². The van der Waals surface area contributed by atoms with Crippen molar-refractivity contribution >= 4 is 18.9 Å². The zero-order valence-electron chi connectivity index (χ0n) is 13.6. The molecule has 2 aliphatic rings. The predicted octanol–water partition coefficient (Wildman–Crippen LogP) is 1.56. The van der Waals surface area contributed by atoms with Crippen LogP contribution in [0.3, 0.4) is 0 Å². The van der Waals surface area contributed by atoms with E-state index in [4.69, 9.17) is 4.74 Å². The van der Waals surface area contributed by atoms with Crippen LogP contribution in [0.1, 0.15) is 40.5 Å². The van der Waals surface area contributed by atoms with Gasteiger partial charge in [0.25, 0.3) is 0 Å². The molecule has 2 rings (SSSR count). The molecule has 0 aromatic heterocycles. The van der Waals surface area contributed by atoms with E-state index in [1.165, 1.54) is 4.81 Å². The topological polar surface area (TPSA) is 66.8 Å². The third-order valence-corrected chi connectivity index (χ3v) is 4.92. The Labute approximate surface area is 127 Å². The Kier molecular flexibility index (Phi) is 4.66. The van der Waals surface area contributed by atoms with Crippen LogP contribution in [0, 0.1) is 23.7 Å². The van der Waals surface area contributed by atoms with Gasteiger partial charge in [0.2, 0.25) is 5.91 Å². The third kappa shape index (κ3) is 2.96.